The standard InChI is InChI=1S/C23H23F2N3O2/c1-15-21(11-12-22(29)26-14-16-5-6-16)23(30-20-4-2-3-18(25)13-20)28(27-15)19-9-7-17(24)8-10-19/h2-4,7-10,13,16H,5-6,11-12,14H2,1H3,(H,26,29). The van der Waals surface area contributed by atoms with Gasteiger partial charge in [0.1, 0.15) is 17.4 Å². The van der Waals surface area contributed by atoms with Crippen molar-refractivity contribution in [3.63, 3.8) is 0 Å². The molecule has 0 atom stereocenters. The van der Waals surface area contributed by atoms with E-state index in [1.165, 1.54) is 37.1 Å². The zero-order valence-electron chi connectivity index (χ0n) is 16.7. The van der Waals surface area contributed by atoms with Crippen LogP contribution in [0.2, 0.25) is 0 Å². The molecule has 1 aliphatic carbocycles. The molecule has 0 spiro atoms. The second-order valence-electron chi connectivity index (χ2n) is 7.56. The van der Waals surface area contributed by atoms with Crippen LogP contribution >= 0.6 is 0 Å². The van der Waals surface area contributed by atoms with Crippen LogP contribution in [0.4, 0.5) is 8.78 Å². The van der Waals surface area contributed by atoms with Crippen molar-refractivity contribution in [3.05, 3.63) is 71.4 Å². The molecule has 1 fully saturated rings. The number of rotatable bonds is 8. The van der Waals surface area contributed by atoms with Crippen molar-refractivity contribution < 1.29 is 18.3 Å². The Kier molecular flexibility index (Phi) is 5.79. The molecule has 1 amide bonds. The van der Waals surface area contributed by atoms with Crippen molar-refractivity contribution in [1.82, 2.24) is 15.1 Å². The molecular formula is C23H23F2N3O2. The van der Waals surface area contributed by atoms with Crippen LogP contribution in [0, 0.1) is 24.5 Å². The Morgan fingerprint density at radius 1 is 1.17 bits per heavy atom. The van der Waals surface area contributed by atoms with E-state index in [1.54, 1.807) is 28.9 Å². The zero-order valence-corrected chi connectivity index (χ0v) is 16.7. The number of amides is 1. The monoisotopic (exact) mass is 411 g/mol. The van der Waals surface area contributed by atoms with Crippen molar-refractivity contribution in [3.8, 4) is 17.3 Å². The number of ether oxygens (including phenoxy) is 1. The number of aromatic nitrogens is 2. The average Bonchev–Trinajstić information content (AvgIpc) is 3.50. The molecule has 1 aliphatic rings. The SMILES string of the molecule is Cc1nn(-c2ccc(F)cc2)c(Oc2cccc(F)c2)c1CCC(=O)NCC1CC1. The number of halogens is 2. The molecule has 1 N–H and O–H groups in total. The minimum absolute atomic E-state index is 0.0208. The first-order valence-electron chi connectivity index (χ1n) is 10.0. The van der Waals surface area contributed by atoms with Gasteiger partial charge < -0.3 is 10.1 Å². The molecule has 4 rings (SSSR count). The highest BCUT2D eigenvalue weighted by Gasteiger charge is 2.23. The Bertz CT molecular complexity index is 1040. The lowest BCUT2D eigenvalue weighted by atomic mass is 10.1. The number of benzene rings is 2. The number of carbonyl (C=O) groups excluding carboxylic acids is 1. The topological polar surface area (TPSA) is 56.2 Å². The maximum absolute atomic E-state index is 13.7. The summed E-state index contributed by atoms with van der Waals surface area (Å²) >= 11 is 0. The van der Waals surface area contributed by atoms with Gasteiger partial charge in [-0.15, -0.1) is 0 Å². The summed E-state index contributed by atoms with van der Waals surface area (Å²) in [6, 6.07) is 11.7. The molecule has 3 aromatic rings. The first kappa shape index (κ1) is 20.1. The number of hydrogen-bond donors (Lipinski definition) is 1. The molecule has 0 saturated heterocycles. The minimum Gasteiger partial charge on any atom is -0.439 e. The molecule has 5 nitrogen and oxygen atoms in total. The summed E-state index contributed by atoms with van der Waals surface area (Å²) in [4.78, 5) is 12.2. The first-order chi connectivity index (χ1) is 14.5. The predicted molar refractivity (Wildman–Crippen MR) is 109 cm³/mol. The third kappa shape index (κ3) is 4.84. The van der Waals surface area contributed by atoms with E-state index in [0.717, 1.165) is 12.1 Å². The molecular weight excluding hydrogens is 388 g/mol. The summed E-state index contributed by atoms with van der Waals surface area (Å²) in [5, 5.41) is 7.49. The highest BCUT2D eigenvalue weighted by Crippen LogP contribution is 2.32. The van der Waals surface area contributed by atoms with Crippen LogP contribution in [0.5, 0.6) is 11.6 Å². The van der Waals surface area contributed by atoms with Crippen LogP contribution in [0.15, 0.2) is 48.5 Å². The number of aryl methyl sites for hydroxylation is 1. The van der Waals surface area contributed by atoms with Gasteiger partial charge in [-0.1, -0.05) is 6.07 Å². The van der Waals surface area contributed by atoms with E-state index in [1.807, 2.05) is 6.92 Å². The Morgan fingerprint density at radius 2 is 1.93 bits per heavy atom. The molecule has 156 valence electrons. The quantitative estimate of drug-likeness (QED) is 0.584. The minimum atomic E-state index is -0.418. The van der Waals surface area contributed by atoms with Crippen LogP contribution in [0.25, 0.3) is 5.69 Å². The molecule has 2 aromatic carbocycles. The Balaban J connectivity index is 1.61. The molecule has 0 unspecified atom stereocenters. The van der Waals surface area contributed by atoms with Gasteiger partial charge in [0.15, 0.2) is 0 Å². The van der Waals surface area contributed by atoms with Gasteiger partial charge in [-0.25, -0.2) is 13.5 Å². The summed E-state index contributed by atoms with van der Waals surface area (Å²) in [6.07, 6.45) is 3.07. The summed E-state index contributed by atoms with van der Waals surface area (Å²) < 4.78 is 34.6. The molecule has 1 saturated carbocycles. The fraction of sp³-hybridized carbons (Fsp3) is 0.304. The van der Waals surface area contributed by atoms with Gasteiger partial charge in [-0.05, 0) is 68.5 Å². The van der Waals surface area contributed by atoms with Crippen molar-refractivity contribution in [2.45, 2.75) is 32.6 Å². The van der Waals surface area contributed by atoms with E-state index in [4.69, 9.17) is 4.74 Å². The van der Waals surface area contributed by atoms with Gasteiger partial charge in [-0.3, -0.25) is 4.79 Å². The van der Waals surface area contributed by atoms with Gasteiger partial charge in [0.25, 0.3) is 0 Å². The second kappa shape index (κ2) is 8.65. The fourth-order valence-electron chi connectivity index (χ4n) is 3.24. The van der Waals surface area contributed by atoms with E-state index in [0.29, 0.717) is 41.8 Å². The smallest absolute Gasteiger partial charge is 0.226 e. The molecule has 7 heteroatoms. The second-order valence-corrected chi connectivity index (χ2v) is 7.56. The number of nitrogens with zero attached hydrogens (tertiary/aromatic N) is 2. The zero-order chi connectivity index (χ0) is 21.1. The van der Waals surface area contributed by atoms with Gasteiger partial charge in [0.05, 0.1) is 11.4 Å². The largest absolute Gasteiger partial charge is 0.439 e. The summed E-state index contributed by atoms with van der Waals surface area (Å²) in [5.41, 5.74) is 2.06. The van der Waals surface area contributed by atoms with Gasteiger partial charge in [0, 0.05) is 24.6 Å². The molecule has 0 aliphatic heterocycles. The molecule has 0 radical (unpaired) electrons. The summed E-state index contributed by atoms with van der Waals surface area (Å²) in [5.74, 6) is 0.523. The molecule has 1 heterocycles. The average molecular weight is 411 g/mol. The van der Waals surface area contributed by atoms with E-state index in [2.05, 4.69) is 10.4 Å². The van der Waals surface area contributed by atoms with Crippen LogP contribution in [0.3, 0.4) is 0 Å². The van der Waals surface area contributed by atoms with Crippen LogP contribution in [0.1, 0.15) is 30.5 Å². The van der Waals surface area contributed by atoms with E-state index >= 15 is 0 Å². The van der Waals surface area contributed by atoms with Gasteiger partial charge in [-0.2, -0.15) is 5.10 Å². The Labute approximate surface area is 173 Å². The van der Waals surface area contributed by atoms with Gasteiger partial charge in [0.2, 0.25) is 11.8 Å². The predicted octanol–water partition coefficient (Wildman–Crippen LogP) is 4.71. The van der Waals surface area contributed by atoms with E-state index in [9.17, 15) is 13.6 Å². The van der Waals surface area contributed by atoms with Gasteiger partial charge >= 0.3 is 0 Å². The van der Waals surface area contributed by atoms with Crippen LogP contribution in [-0.2, 0) is 11.2 Å². The lowest BCUT2D eigenvalue weighted by Gasteiger charge is -2.12. The van der Waals surface area contributed by atoms with E-state index in [-0.39, 0.29) is 11.7 Å². The normalized spacial score (nSPS) is 13.3. The van der Waals surface area contributed by atoms with Crippen LogP contribution < -0.4 is 10.1 Å². The maximum Gasteiger partial charge on any atom is 0.226 e. The number of nitrogens with one attached hydrogen (secondary N) is 1. The molecule has 0 bridgehead atoms. The molecule has 1 aromatic heterocycles. The van der Waals surface area contributed by atoms with Crippen molar-refractivity contribution >= 4 is 5.91 Å². The third-order valence-electron chi connectivity index (χ3n) is 5.11. The highest BCUT2D eigenvalue weighted by atomic mass is 19.1. The number of carbonyl (C=O) groups is 1. The van der Waals surface area contributed by atoms with Crippen molar-refractivity contribution in [2.24, 2.45) is 5.92 Å². The Hall–Kier alpha value is -3.22. The summed E-state index contributed by atoms with van der Waals surface area (Å²) in [7, 11) is 0. The highest BCUT2D eigenvalue weighted by molar-refractivity contribution is 5.76. The van der Waals surface area contributed by atoms with Crippen LogP contribution in [-0.4, -0.2) is 22.2 Å². The fourth-order valence-corrected chi connectivity index (χ4v) is 3.24. The maximum atomic E-state index is 13.7. The van der Waals surface area contributed by atoms with Crippen molar-refractivity contribution in [1.29, 1.82) is 0 Å². The van der Waals surface area contributed by atoms with E-state index < -0.39 is 5.82 Å². The first-order valence-corrected chi connectivity index (χ1v) is 10.0. The lowest BCUT2D eigenvalue weighted by Crippen LogP contribution is -2.25. The lowest BCUT2D eigenvalue weighted by molar-refractivity contribution is -0.121. The third-order valence-corrected chi connectivity index (χ3v) is 5.11. The van der Waals surface area contributed by atoms with Crippen molar-refractivity contribution in [2.75, 3.05) is 6.54 Å². The summed E-state index contributed by atoms with van der Waals surface area (Å²) in [6.45, 7) is 2.55. The Morgan fingerprint density at radius 3 is 2.63 bits per heavy atom. The molecule has 30 heavy (non-hydrogen) atoms. The number of hydrogen-bond acceptors (Lipinski definition) is 3.